The Hall–Kier alpha value is -1.32. The molecule has 1 saturated carbocycles. The number of allylic oxidation sites excluding steroid dienone is 1. The fourth-order valence-electron chi connectivity index (χ4n) is 5.44. The number of aliphatic hydroxyl groups is 1. The van der Waals surface area contributed by atoms with Gasteiger partial charge in [-0.15, -0.1) is 6.58 Å². The third-order valence-corrected chi connectivity index (χ3v) is 7.12. The van der Waals surface area contributed by atoms with Gasteiger partial charge in [0.25, 0.3) is 0 Å². The molecule has 4 rings (SSSR count). The summed E-state index contributed by atoms with van der Waals surface area (Å²) < 4.78 is 0. The number of rotatable bonds is 4. The maximum Gasteiger partial charge on any atom is 0.115 e. The Kier molecular flexibility index (Phi) is 3.77. The Morgan fingerprint density at radius 1 is 1.38 bits per heavy atom. The summed E-state index contributed by atoms with van der Waals surface area (Å²) in [5.74, 6) is 1.11. The first-order valence-electron chi connectivity index (χ1n) is 9.37. The summed E-state index contributed by atoms with van der Waals surface area (Å²) in [6, 6.07) is 5.87. The molecule has 2 fully saturated rings. The highest BCUT2D eigenvalue weighted by atomic mass is 16.3. The summed E-state index contributed by atoms with van der Waals surface area (Å²) in [5.41, 5.74) is 1.28. The van der Waals surface area contributed by atoms with E-state index in [4.69, 9.17) is 0 Å². The summed E-state index contributed by atoms with van der Waals surface area (Å²) in [6.45, 7) is 8.13. The van der Waals surface area contributed by atoms with Gasteiger partial charge in [-0.3, -0.25) is 4.90 Å². The lowest BCUT2D eigenvalue weighted by atomic mass is 9.53. The molecule has 0 amide bonds. The Bertz CT molecular complexity index is 649. The first-order valence-corrected chi connectivity index (χ1v) is 9.37. The second kappa shape index (κ2) is 5.60. The van der Waals surface area contributed by atoms with Crippen molar-refractivity contribution in [1.29, 1.82) is 0 Å². The fourth-order valence-corrected chi connectivity index (χ4v) is 5.44. The van der Waals surface area contributed by atoms with Crippen molar-refractivity contribution in [1.82, 2.24) is 4.90 Å². The molecule has 0 radical (unpaired) electrons. The molecule has 0 aromatic heterocycles. The van der Waals surface area contributed by atoms with Gasteiger partial charge in [0.05, 0.1) is 5.60 Å². The summed E-state index contributed by atoms with van der Waals surface area (Å²) >= 11 is 0. The second-order valence-electron chi connectivity index (χ2n) is 8.33. The van der Waals surface area contributed by atoms with Crippen LogP contribution in [0.1, 0.15) is 50.2 Å². The van der Waals surface area contributed by atoms with Gasteiger partial charge in [-0.2, -0.15) is 0 Å². The molecule has 1 saturated heterocycles. The molecule has 2 N–H and O–H groups in total. The number of fused-ring (bicyclic) bond motifs is 4. The number of hydrogen-bond acceptors (Lipinski definition) is 3. The van der Waals surface area contributed by atoms with E-state index in [0.29, 0.717) is 5.75 Å². The zero-order chi connectivity index (χ0) is 16.9. The molecule has 3 heteroatoms. The van der Waals surface area contributed by atoms with Gasteiger partial charge in [0.1, 0.15) is 5.75 Å². The lowest BCUT2D eigenvalue weighted by molar-refractivity contribution is -0.138. The lowest BCUT2D eigenvalue weighted by Gasteiger charge is -2.61. The van der Waals surface area contributed by atoms with Crippen LogP contribution in [0.4, 0.5) is 0 Å². The van der Waals surface area contributed by atoms with Gasteiger partial charge in [0.2, 0.25) is 0 Å². The van der Waals surface area contributed by atoms with Crippen LogP contribution in [-0.2, 0) is 11.8 Å². The number of benzene rings is 1. The van der Waals surface area contributed by atoms with Crippen molar-refractivity contribution in [2.45, 2.75) is 62.5 Å². The van der Waals surface area contributed by atoms with Crippen LogP contribution < -0.4 is 0 Å². The summed E-state index contributed by atoms with van der Waals surface area (Å²) in [7, 11) is 0. The van der Waals surface area contributed by atoms with E-state index in [2.05, 4.69) is 17.5 Å². The topological polar surface area (TPSA) is 43.7 Å². The molecule has 3 atom stereocenters. The first-order chi connectivity index (χ1) is 11.5. The van der Waals surface area contributed by atoms with Gasteiger partial charge >= 0.3 is 0 Å². The molecule has 2 aliphatic carbocycles. The number of phenolic OH excluding ortho intramolecular Hbond substituents is 1. The minimum Gasteiger partial charge on any atom is -0.508 e. The molecule has 0 unspecified atom stereocenters. The molecule has 130 valence electrons. The van der Waals surface area contributed by atoms with E-state index >= 15 is 0 Å². The van der Waals surface area contributed by atoms with Gasteiger partial charge in [-0.25, -0.2) is 0 Å². The monoisotopic (exact) mass is 327 g/mol. The smallest absolute Gasteiger partial charge is 0.115 e. The number of hydrogen-bond donors (Lipinski definition) is 2. The summed E-state index contributed by atoms with van der Waals surface area (Å²) in [4.78, 5) is 2.54. The van der Waals surface area contributed by atoms with Crippen molar-refractivity contribution in [3.05, 3.63) is 42.0 Å². The van der Waals surface area contributed by atoms with E-state index in [1.54, 1.807) is 6.07 Å². The van der Waals surface area contributed by atoms with Gasteiger partial charge in [0, 0.05) is 18.0 Å². The van der Waals surface area contributed by atoms with E-state index < -0.39 is 5.60 Å². The molecular weight excluding hydrogens is 298 g/mol. The van der Waals surface area contributed by atoms with Crippen molar-refractivity contribution >= 4 is 0 Å². The normalized spacial score (nSPS) is 36.0. The molecule has 1 aromatic carbocycles. The number of likely N-dealkylation sites (tertiary alicyclic amines) is 1. The molecule has 2 bridgehead atoms. The number of aromatic hydroxyl groups is 1. The highest BCUT2D eigenvalue weighted by Crippen LogP contribution is 2.54. The fraction of sp³-hybridized carbons (Fsp3) is 0.619. The Morgan fingerprint density at radius 2 is 2.17 bits per heavy atom. The maximum atomic E-state index is 11.7. The molecule has 1 aromatic rings. The molecule has 1 heterocycles. The van der Waals surface area contributed by atoms with Crippen LogP contribution in [0.2, 0.25) is 0 Å². The van der Waals surface area contributed by atoms with Crippen LogP contribution in [0.15, 0.2) is 30.9 Å². The van der Waals surface area contributed by atoms with Crippen LogP contribution in [0.25, 0.3) is 0 Å². The van der Waals surface area contributed by atoms with E-state index in [-0.39, 0.29) is 11.5 Å². The minimum absolute atomic E-state index is 0.156. The zero-order valence-corrected chi connectivity index (χ0v) is 14.7. The van der Waals surface area contributed by atoms with E-state index in [0.717, 1.165) is 43.8 Å². The zero-order valence-electron chi connectivity index (χ0n) is 14.7. The molecule has 3 nitrogen and oxygen atoms in total. The SMILES string of the molecule is C=CC[C@]12CCN(CC3CCC3)[C@H](Cc3ccc(O)cc31)[C@@]2(C)O. The van der Waals surface area contributed by atoms with Crippen LogP contribution in [0.5, 0.6) is 5.75 Å². The maximum absolute atomic E-state index is 11.7. The van der Waals surface area contributed by atoms with E-state index in [1.807, 2.05) is 19.1 Å². The summed E-state index contributed by atoms with van der Waals surface area (Å²) in [5, 5.41) is 21.7. The predicted octanol–water partition coefficient (Wildman–Crippen LogP) is 3.39. The third-order valence-electron chi connectivity index (χ3n) is 7.12. The predicted molar refractivity (Wildman–Crippen MR) is 96.2 cm³/mol. The van der Waals surface area contributed by atoms with Crippen molar-refractivity contribution in [2.24, 2.45) is 5.92 Å². The highest BCUT2D eigenvalue weighted by Gasteiger charge is 2.59. The highest BCUT2D eigenvalue weighted by molar-refractivity contribution is 5.47. The van der Waals surface area contributed by atoms with Crippen molar-refractivity contribution in [2.75, 3.05) is 13.1 Å². The Labute approximate surface area is 145 Å². The molecule has 24 heavy (non-hydrogen) atoms. The average Bonchev–Trinajstić information content (AvgIpc) is 2.48. The average molecular weight is 327 g/mol. The standard InChI is InChI=1S/C21H29NO2/c1-3-9-21-10-11-22(14-15-5-4-6-15)19(20(21,2)24)12-16-7-8-17(23)13-18(16)21/h3,7-8,13,15,19,23-24H,1,4-6,9-12,14H2,2H3/t19-,20-,21+/m1/s1. The Balaban J connectivity index is 1.77. The van der Waals surface area contributed by atoms with E-state index in [1.165, 1.54) is 24.8 Å². The molecular formula is C21H29NO2. The van der Waals surface area contributed by atoms with Gasteiger partial charge in [-0.1, -0.05) is 18.6 Å². The first kappa shape index (κ1) is 16.2. The van der Waals surface area contributed by atoms with Gasteiger partial charge in [-0.05, 0) is 74.8 Å². The van der Waals surface area contributed by atoms with E-state index in [9.17, 15) is 10.2 Å². The van der Waals surface area contributed by atoms with Gasteiger partial charge in [0.15, 0.2) is 0 Å². The number of piperidine rings is 1. The number of phenols is 1. The van der Waals surface area contributed by atoms with Crippen molar-refractivity contribution < 1.29 is 10.2 Å². The number of nitrogens with zero attached hydrogens (tertiary/aromatic N) is 1. The summed E-state index contributed by atoms with van der Waals surface area (Å²) in [6.07, 6.45) is 8.53. The largest absolute Gasteiger partial charge is 0.508 e. The van der Waals surface area contributed by atoms with Crippen LogP contribution in [-0.4, -0.2) is 39.8 Å². The van der Waals surface area contributed by atoms with Crippen LogP contribution in [0.3, 0.4) is 0 Å². The van der Waals surface area contributed by atoms with Crippen molar-refractivity contribution in [3.63, 3.8) is 0 Å². The minimum atomic E-state index is -0.802. The van der Waals surface area contributed by atoms with Crippen LogP contribution >= 0.6 is 0 Å². The molecule has 1 aliphatic heterocycles. The molecule has 0 spiro atoms. The Morgan fingerprint density at radius 3 is 2.83 bits per heavy atom. The van der Waals surface area contributed by atoms with Crippen LogP contribution in [0, 0.1) is 5.92 Å². The van der Waals surface area contributed by atoms with Gasteiger partial charge < -0.3 is 10.2 Å². The third kappa shape index (κ3) is 2.18. The lowest BCUT2D eigenvalue weighted by Crippen LogP contribution is -2.70. The molecule has 3 aliphatic rings. The second-order valence-corrected chi connectivity index (χ2v) is 8.33. The van der Waals surface area contributed by atoms with Crippen molar-refractivity contribution in [3.8, 4) is 5.75 Å². The quantitative estimate of drug-likeness (QED) is 0.833.